The molecule has 2 heterocycles. The second-order valence-corrected chi connectivity index (χ2v) is 5.31. The van der Waals surface area contributed by atoms with E-state index in [1.807, 2.05) is 0 Å². The van der Waals surface area contributed by atoms with Crippen molar-refractivity contribution in [3.8, 4) is 17.2 Å². The molecule has 0 bridgehead atoms. The highest BCUT2D eigenvalue weighted by molar-refractivity contribution is 6.33. The van der Waals surface area contributed by atoms with Crippen LogP contribution in [0.3, 0.4) is 0 Å². The SMILES string of the molecule is COC1(c2noc(-c3cc(O)ccc3Cl)n2)CCOCC1. The van der Waals surface area contributed by atoms with Crippen LogP contribution in [0.1, 0.15) is 18.7 Å². The molecule has 1 aliphatic heterocycles. The Morgan fingerprint density at radius 1 is 1.33 bits per heavy atom. The highest BCUT2D eigenvalue weighted by Crippen LogP contribution is 2.36. The van der Waals surface area contributed by atoms with E-state index < -0.39 is 5.60 Å². The zero-order valence-corrected chi connectivity index (χ0v) is 12.3. The number of nitrogens with zero attached hydrogens (tertiary/aromatic N) is 2. The zero-order chi connectivity index (χ0) is 14.9. The summed E-state index contributed by atoms with van der Waals surface area (Å²) in [5.74, 6) is 0.818. The normalized spacial score (nSPS) is 17.8. The summed E-state index contributed by atoms with van der Waals surface area (Å²) in [5, 5.41) is 14.0. The fourth-order valence-electron chi connectivity index (χ4n) is 2.42. The van der Waals surface area contributed by atoms with Crippen LogP contribution in [0.15, 0.2) is 22.7 Å². The lowest BCUT2D eigenvalue weighted by molar-refractivity contribution is -0.101. The van der Waals surface area contributed by atoms with Crippen LogP contribution in [0.25, 0.3) is 11.5 Å². The Morgan fingerprint density at radius 2 is 2.10 bits per heavy atom. The molecule has 0 atom stereocenters. The lowest BCUT2D eigenvalue weighted by Crippen LogP contribution is -2.36. The summed E-state index contributed by atoms with van der Waals surface area (Å²) in [5.41, 5.74) is -0.0998. The molecule has 1 aliphatic rings. The number of ether oxygens (including phenoxy) is 2. The Bertz CT molecular complexity index is 638. The predicted octanol–water partition coefficient (Wildman–Crippen LogP) is 2.75. The van der Waals surface area contributed by atoms with Crippen LogP contribution in [-0.2, 0) is 15.1 Å². The second kappa shape index (κ2) is 5.63. The minimum Gasteiger partial charge on any atom is -0.508 e. The highest BCUT2D eigenvalue weighted by Gasteiger charge is 2.39. The average molecular weight is 311 g/mol. The van der Waals surface area contributed by atoms with Crippen LogP contribution >= 0.6 is 11.6 Å². The number of phenolic OH excluding ortho intramolecular Hbond substituents is 1. The minimum absolute atomic E-state index is 0.0849. The first kappa shape index (κ1) is 14.3. The molecule has 1 fully saturated rings. The van der Waals surface area contributed by atoms with E-state index in [1.165, 1.54) is 12.1 Å². The topological polar surface area (TPSA) is 77.6 Å². The van der Waals surface area contributed by atoms with Crippen molar-refractivity contribution in [1.82, 2.24) is 10.1 Å². The van der Waals surface area contributed by atoms with Crippen molar-refractivity contribution < 1.29 is 19.1 Å². The van der Waals surface area contributed by atoms with E-state index in [-0.39, 0.29) is 11.6 Å². The summed E-state index contributed by atoms with van der Waals surface area (Å²) in [6, 6.07) is 4.57. The van der Waals surface area contributed by atoms with E-state index in [9.17, 15) is 5.11 Å². The fraction of sp³-hybridized carbons (Fsp3) is 0.429. The van der Waals surface area contributed by atoms with Crippen molar-refractivity contribution in [2.24, 2.45) is 0 Å². The monoisotopic (exact) mass is 310 g/mol. The lowest BCUT2D eigenvalue weighted by Gasteiger charge is -2.32. The molecule has 7 heteroatoms. The lowest BCUT2D eigenvalue weighted by atomic mass is 9.93. The molecule has 0 saturated carbocycles. The first-order valence-electron chi connectivity index (χ1n) is 6.60. The van der Waals surface area contributed by atoms with Gasteiger partial charge in [-0.1, -0.05) is 16.8 Å². The summed E-state index contributed by atoms with van der Waals surface area (Å²) >= 11 is 6.10. The van der Waals surface area contributed by atoms with Crippen LogP contribution in [0.2, 0.25) is 5.02 Å². The highest BCUT2D eigenvalue weighted by atomic mass is 35.5. The molecule has 21 heavy (non-hydrogen) atoms. The number of aromatic hydroxyl groups is 1. The van der Waals surface area contributed by atoms with Gasteiger partial charge in [-0.05, 0) is 18.2 Å². The predicted molar refractivity (Wildman–Crippen MR) is 75.1 cm³/mol. The number of methoxy groups -OCH3 is 1. The summed E-state index contributed by atoms with van der Waals surface area (Å²) in [6.45, 7) is 1.18. The minimum atomic E-state index is -0.594. The van der Waals surface area contributed by atoms with Gasteiger partial charge in [0.2, 0.25) is 5.82 Å². The van der Waals surface area contributed by atoms with Gasteiger partial charge in [0.25, 0.3) is 5.89 Å². The van der Waals surface area contributed by atoms with Crippen molar-refractivity contribution in [2.75, 3.05) is 20.3 Å². The number of hydrogen-bond acceptors (Lipinski definition) is 6. The first-order chi connectivity index (χ1) is 10.1. The van der Waals surface area contributed by atoms with Gasteiger partial charge in [-0.15, -0.1) is 0 Å². The van der Waals surface area contributed by atoms with Crippen molar-refractivity contribution in [1.29, 1.82) is 0 Å². The molecule has 1 aromatic heterocycles. The van der Waals surface area contributed by atoms with E-state index in [2.05, 4.69) is 10.1 Å². The van der Waals surface area contributed by atoms with Gasteiger partial charge in [0.1, 0.15) is 11.4 Å². The Hall–Kier alpha value is -1.63. The van der Waals surface area contributed by atoms with Crippen LogP contribution in [0.5, 0.6) is 5.75 Å². The Morgan fingerprint density at radius 3 is 2.81 bits per heavy atom. The maximum atomic E-state index is 9.56. The molecule has 0 amide bonds. The third-order valence-electron chi connectivity index (χ3n) is 3.71. The van der Waals surface area contributed by atoms with Crippen molar-refractivity contribution in [2.45, 2.75) is 18.4 Å². The molecule has 3 rings (SSSR count). The molecular weight excluding hydrogens is 296 g/mol. The molecule has 112 valence electrons. The maximum Gasteiger partial charge on any atom is 0.259 e. The Kier molecular flexibility index (Phi) is 3.84. The summed E-state index contributed by atoms with van der Waals surface area (Å²) in [6.07, 6.45) is 1.33. The molecule has 1 aromatic carbocycles. The van der Waals surface area contributed by atoms with Gasteiger partial charge in [0.15, 0.2) is 0 Å². The molecule has 0 spiro atoms. The van der Waals surface area contributed by atoms with Gasteiger partial charge in [0, 0.05) is 33.2 Å². The maximum absolute atomic E-state index is 9.56. The van der Waals surface area contributed by atoms with Crippen molar-refractivity contribution in [3.05, 3.63) is 29.0 Å². The van der Waals surface area contributed by atoms with Crippen LogP contribution in [0.4, 0.5) is 0 Å². The summed E-state index contributed by atoms with van der Waals surface area (Å²) in [4.78, 5) is 4.40. The Labute approximate surface area is 126 Å². The third kappa shape index (κ3) is 2.62. The number of rotatable bonds is 3. The standard InChI is InChI=1S/C14H15ClN2O4/c1-19-14(4-6-20-7-5-14)13-16-12(21-17-13)10-8-9(18)2-3-11(10)15/h2-3,8,18H,4-7H2,1H3. The number of hydrogen-bond donors (Lipinski definition) is 1. The van der Waals surface area contributed by atoms with Gasteiger partial charge >= 0.3 is 0 Å². The number of benzene rings is 1. The van der Waals surface area contributed by atoms with E-state index in [0.29, 0.717) is 42.5 Å². The van der Waals surface area contributed by atoms with Crippen LogP contribution in [0, 0.1) is 0 Å². The van der Waals surface area contributed by atoms with Gasteiger partial charge in [-0.2, -0.15) is 4.98 Å². The quantitative estimate of drug-likeness (QED) is 0.939. The smallest absolute Gasteiger partial charge is 0.259 e. The van der Waals surface area contributed by atoms with Gasteiger partial charge in [-0.25, -0.2) is 0 Å². The van der Waals surface area contributed by atoms with E-state index in [1.54, 1.807) is 13.2 Å². The van der Waals surface area contributed by atoms with Gasteiger partial charge in [0.05, 0.1) is 10.6 Å². The van der Waals surface area contributed by atoms with E-state index >= 15 is 0 Å². The first-order valence-corrected chi connectivity index (χ1v) is 6.98. The average Bonchev–Trinajstić information content (AvgIpc) is 3.00. The van der Waals surface area contributed by atoms with Crippen molar-refractivity contribution >= 4 is 11.6 Å². The molecule has 1 saturated heterocycles. The zero-order valence-electron chi connectivity index (χ0n) is 11.5. The number of halogens is 1. The number of aromatic nitrogens is 2. The van der Waals surface area contributed by atoms with Gasteiger partial charge in [-0.3, -0.25) is 0 Å². The van der Waals surface area contributed by atoms with E-state index in [0.717, 1.165) is 0 Å². The molecule has 0 unspecified atom stereocenters. The molecule has 2 aromatic rings. The largest absolute Gasteiger partial charge is 0.508 e. The molecule has 0 radical (unpaired) electrons. The number of phenols is 1. The second-order valence-electron chi connectivity index (χ2n) is 4.90. The molecule has 0 aliphatic carbocycles. The fourth-order valence-corrected chi connectivity index (χ4v) is 2.61. The Balaban J connectivity index is 1.97. The third-order valence-corrected chi connectivity index (χ3v) is 4.03. The van der Waals surface area contributed by atoms with Gasteiger partial charge < -0.3 is 19.1 Å². The van der Waals surface area contributed by atoms with Crippen LogP contribution in [-0.4, -0.2) is 35.6 Å². The summed E-state index contributed by atoms with van der Waals surface area (Å²) in [7, 11) is 1.63. The van der Waals surface area contributed by atoms with E-state index in [4.69, 9.17) is 25.6 Å². The molecular formula is C14H15ClN2O4. The van der Waals surface area contributed by atoms with Crippen molar-refractivity contribution in [3.63, 3.8) is 0 Å². The summed E-state index contributed by atoms with van der Waals surface area (Å²) < 4.78 is 16.3. The molecule has 1 N–H and O–H groups in total. The molecule has 6 nitrogen and oxygen atoms in total. The van der Waals surface area contributed by atoms with Crippen LogP contribution < -0.4 is 0 Å².